The number of ketones is 1. The number of rotatable bonds is 0. The monoisotopic (exact) mass is 142 g/mol. The van der Waals surface area contributed by atoms with Gasteiger partial charge in [0.2, 0.25) is 0 Å². The number of hydrogen-bond donors (Lipinski definition) is 1. The van der Waals surface area contributed by atoms with E-state index >= 15 is 0 Å². The first-order valence-electron chi connectivity index (χ1n) is 3.34. The van der Waals surface area contributed by atoms with Gasteiger partial charge in [0.15, 0.2) is 0 Å². The van der Waals surface area contributed by atoms with Crippen LogP contribution in [-0.2, 0) is 4.79 Å². The van der Waals surface area contributed by atoms with Crippen molar-refractivity contribution in [3.05, 3.63) is 0 Å². The third-order valence-electron chi connectivity index (χ3n) is 1.88. The summed E-state index contributed by atoms with van der Waals surface area (Å²) >= 11 is 0.804. The maximum absolute atomic E-state index is 10.7. The Kier molecular flexibility index (Phi) is 1.95. The number of carbonyl (C=O) groups is 1. The number of Topliss-reactive ketones (excluding diaryl/α,β-unsaturated/α-hetero) is 1. The molecule has 9 heavy (non-hydrogen) atoms. The fourth-order valence-electron chi connectivity index (χ4n) is 1.07. The van der Waals surface area contributed by atoms with E-state index < -0.39 is 4.46 Å². The third-order valence-corrected chi connectivity index (χ3v) is 2.88. The third kappa shape index (κ3) is 2.10. The summed E-state index contributed by atoms with van der Waals surface area (Å²) in [6.07, 6.45) is 2.61. The lowest BCUT2D eigenvalue weighted by atomic mass is 9.96. The first kappa shape index (κ1) is 7.27. The molecule has 0 unspecified atom stereocenters. The normalized spacial score (nSPS) is 26.1. The van der Waals surface area contributed by atoms with Crippen molar-refractivity contribution in [3.8, 4) is 0 Å². The summed E-state index contributed by atoms with van der Waals surface area (Å²) in [5, 5.41) is 9.40. The molecule has 0 radical (unpaired) electrons. The van der Waals surface area contributed by atoms with Crippen LogP contribution in [0, 0.1) is 0 Å². The lowest BCUT2D eigenvalue weighted by Gasteiger charge is -2.27. The van der Waals surface area contributed by atoms with E-state index in [0.29, 0.717) is 31.5 Å². The molecule has 0 aliphatic heterocycles. The predicted molar refractivity (Wildman–Crippen MR) is 37.0 cm³/mol. The molecule has 0 spiro atoms. The van der Waals surface area contributed by atoms with Crippen molar-refractivity contribution in [1.29, 1.82) is 0 Å². The molecule has 3 heteroatoms. The Morgan fingerprint density at radius 1 is 1.44 bits per heavy atom. The van der Waals surface area contributed by atoms with E-state index in [4.69, 9.17) is 0 Å². The van der Waals surface area contributed by atoms with E-state index in [1.165, 1.54) is 0 Å². The molecular weight excluding hydrogens is 131 g/mol. The highest BCUT2D eigenvalue weighted by Gasteiger charge is 2.26. The molecule has 0 saturated heterocycles. The Morgan fingerprint density at radius 3 is 2.22 bits per heavy atom. The van der Waals surface area contributed by atoms with E-state index in [2.05, 4.69) is 0 Å². The minimum atomic E-state index is -0.423. The molecule has 1 N–H and O–H groups in total. The second-order valence-electron chi connectivity index (χ2n) is 3.04. The largest absolute Gasteiger partial charge is 0.406 e. The first-order valence-corrected chi connectivity index (χ1v) is 4.34. The van der Waals surface area contributed by atoms with Gasteiger partial charge in [0, 0.05) is 17.3 Å². The van der Waals surface area contributed by atoms with E-state index in [0.717, 1.165) is 16.3 Å². The summed E-state index contributed by atoms with van der Waals surface area (Å²) in [6, 6.07) is 0. The van der Waals surface area contributed by atoms with Crippen LogP contribution < -0.4 is 0 Å². The van der Waals surface area contributed by atoms with Crippen molar-refractivity contribution in [2.75, 3.05) is 0 Å². The highest BCUT2D eigenvalue weighted by molar-refractivity contribution is 6.14. The Morgan fingerprint density at radius 2 is 1.89 bits per heavy atom. The maximum Gasteiger partial charge on any atom is 0.263 e. The fraction of sp³-hybridized carbons (Fsp3) is 0.833. The SMILES string of the molecule is O=C1CC[C](O)([AlH2])CC1. The van der Waals surface area contributed by atoms with Crippen LogP contribution in [0.2, 0.25) is 0 Å². The summed E-state index contributed by atoms with van der Waals surface area (Å²) in [7, 11) is 0. The summed E-state index contributed by atoms with van der Waals surface area (Å²) in [5.41, 5.74) is 0. The van der Waals surface area contributed by atoms with Crippen LogP contribution in [0.25, 0.3) is 0 Å². The number of hydrogen-bond acceptors (Lipinski definition) is 2. The minimum absolute atomic E-state index is 0.315. The van der Waals surface area contributed by atoms with E-state index in [1.54, 1.807) is 0 Å². The molecule has 0 bridgehead atoms. The molecule has 0 amide bonds. The average Bonchev–Trinajstić information content (AvgIpc) is 1.78. The lowest BCUT2D eigenvalue weighted by molar-refractivity contribution is -0.122. The average molecular weight is 142 g/mol. The standard InChI is InChI=1S/C6H9O2.Al.2H/c7-5-1-2-6(8)4-3-5;;;/h7H,1-4H2;;;. The first-order chi connectivity index (χ1) is 4.10. The Labute approximate surface area is 62.7 Å². The minimum Gasteiger partial charge on any atom is -0.406 e. The van der Waals surface area contributed by atoms with Gasteiger partial charge in [-0.2, -0.15) is 0 Å². The van der Waals surface area contributed by atoms with Crippen molar-refractivity contribution >= 4 is 22.1 Å². The Balaban J connectivity index is 2.44. The van der Waals surface area contributed by atoms with Gasteiger partial charge in [-0.15, -0.1) is 0 Å². The van der Waals surface area contributed by atoms with Gasteiger partial charge in [0.05, 0.1) is 0 Å². The van der Waals surface area contributed by atoms with Crippen molar-refractivity contribution in [2.45, 2.75) is 30.1 Å². The Bertz CT molecular complexity index is 119. The molecule has 0 aromatic heterocycles. The van der Waals surface area contributed by atoms with Crippen molar-refractivity contribution in [3.63, 3.8) is 0 Å². The topological polar surface area (TPSA) is 37.3 Å². The number of aliphatic hydroxyl groups is 1. The molecule has 1 aliphatic carbocycles. The smallest absolute Gasteiger partial charge is 0.263 e. The molecule has 2 nitrogen and oxygen atoms in total. The maximum atomic E-state index is 10.7. The van der Waals surface area contributed by atoms with Gasteiger partial charge in [0.25, 0.3) is 16.3 Å². The zero-order chi connectivity index (χ0) is 6.91. The molecule has 0 aromatic rings. The van der Waals surface area contributed by atoms with E-state index in [9.17, 15) is 9.90 Å². The van der Waals surface area contributed by atoms with Crippen LogP contribution in [0.4, 0.5) is 0 Å². The molecule has 50 valence electrons. The second kappa shape index (κ2) is 2.42. The van der Waals surface area contributed by atoms with Gasteiger partial charge in [-0.05, 0) is 12.8 Å². The highest BCUT2D eigenvalue weighted by Crippen LogP contribution is 2.22. The van der Waals surface area contributed by atoms with Gasteiger partial charge in [-0.25, -0.2) is 0 Å². The van der Waals surface area contributed by atoms with Gasteiger partial charge in [0.1, 0.15) is 5.78 Å². The van der Waals surface area contributed by atoms with Crippen molar-refractivity contribution in [1.82, 2.24) is 0 Å². The van der Waals surface area contributed by atoms with Gasteiger partial charge in [-0.1, -0.05) is 0 Å². The van der Waals surface area contributed by atoms with Crippen LogP contribution >= 0.6 is 0 Å². The van der Waals surface area contributed by atoms with E-state index in [1.807, 2.05) is 0 Å². The van der Waals surface area contributed by atoms with Crippen molar-refractivity contribution in [2.24, 2.45) is 0 Å². The molecular formula is C6H11AlO2. The van der Waals surface area contributed by atoms with Crippen LogP contribution in [0.15, 0.2) is 0 Å². The van der Waals surface area contributed by atoms with Crippen molar-refractivity contribution < 1.29 is 9.90 Å². The van der Waals surface area contributed by atoms with Crippen LogP contribution in [0.5, 0.6) is 0 Å². The van der Waals surface area contributed by atoms with Crippen LogP contribution in [0.1, 0.15) is 25.7 Å². The summed E-state index contributed by atoms with van der Waals surface area (Å²) in [6.45, 7) is 0. The number of carbonyl (C=O) groups excluding carboxylic acids is 1. The zero-order valence-electron chi connectivity index (χ0n) is 5.68. The van der Waals surface area contributed by atoms with Gasteiger partial charge >= 0.3 is 0 Å². The van der Waals surface area contributed by atoms with Gasteiger partial charge < -0.3 is 5.11 Å². The summed E-state index contributed by atoms with van der Waals surface area (Å²) in [5.74, 6) is 0.315. The quantitative estimate of drug-likeness (QED) is 0.461. The molecule has 0 heterocycles. The predicted octanol–water partition coefficient (Wildman–Crippen LogP) is -0.549. The summed E-state index contributed by atoms with van der Waals surface area (Å²) in [4.78, 5) is 10.7. The molecule has 0 atom stereocenters. The molecule has 1 rings (SSSR count). The Hall–Kier alpha value is 0.162. The molecule has 1 saturated carbocycles. The van der Waals surface area contributed by atoms with E-state index in [-0.39, 0.29) is 0 Å². The zero-order valence-corrected chi connectivity index (χ0v) is 7.68. The second-order valence-corrected chi connectivity index (χ2v) is 4.90. The van der Waals surface area contributed by atoms with Crippen LogP contribution in [-0.4, -0.2) is 31.6 Å². The summed E-state index contributed by atoms with van der Waals surface area (Å²) < 4.78 is -0.423. The van der Waals surface area contributed by atoms with Crippen LogP contribution in [0.3, 0.4) is 0 Å². The lowest BCUT2D eigenvalue weighted by Crippen LogP contribution is -2.34. The molecule has 1 aliphatic rings. The molecule has 0 aromatic carbocycles. The highest BCUT2D eigenvalue weighted by atomic mass is 27.0. The fourth-order valence-corrected chi connectivity index (χ4v) is 1.57. The molecule has 1 fully saturated rings. The van der Waals surface area contributed by atoms with Gasteiger partial charge in [-0.3, -0.25) is 4.79 Å².